The Morgan fingerprint density at radius 3 is 2.93 bits per heavy atom. The van der Waals surface area contributed by atoms with Crippen molar-refractivity contribution in [2.75, 3.05) is 19.6 Å². The van der Waals surface area contributed by atoms with Gasteiger partial charge in [-0.15, -0.1) is 0 Å². The number of aromatic nitrogens is 2. The first-order valence-corrected chi connectivity index (χ1v) is 4.89. The van der Waals surface area contributed by atoms with Gasteiger partial charge in [0.25, 0.3) is 5.89 Å². The first-order chi connectivity index (χ1) is 6.64. The summed E-state index contributed by atoms with van der Waals surface area (Å²) < 4.78 is 5.01. The number of aliphatic hydroxyl groups is 1. The molecule has 0 bridgehead atoms. The van der Waals surface area contributed by atoms with Crippen molar-refractivity contribution in [3.8, 4) is 0 Å². The fraction of sp³-hybridized carbons (Fsp3) is 0.778. The van der Waals surface area contributed by atoms with E-state index in [9.17, 15) is 5.11 Å². The Hall–Kier alpha value is -0.940. The summed E-state index contributed by atoms with van der Waals surface area (Å²) in [6, 6.07) is 0. The standard InChI is InChI=1S/C9H15N3O2/c1-3-12-5-4-9(13,6-12)8-10-7(2)11-14-8/h13H,3-6H2,1-2H3. The molecule has 1 aromatic heterocycles. The van der Waals surface area contributed by atoms with Crippen LogP contribution in [0.25, 0.3) is 0 Å². The monoisotopic (exact) mass is 197 g/mol. The highest BCUT2D eigenvalue weighted by molar-refractivity contribution is 5.03. The smallest absolute Gasteiger partial charge is 0.259 e. The summed E-state index contributed by atoms with van der Waals surface area (Å²) in [6.45, 7) is 6.24. The normalized spacial score (nSPS) is 28.5. The van der Waals surface area contributed by atoms with Crippen LogP contribution in [0.1, 0.15) is 25.1 Å². The maximum atomic E-state index is 10.2. The van der Waals surface area contributed by atoms with Gasteiger partial charge in [-0.2, -0.15) is 4.98 Å². The Morgan fingerprint density at radius 2 is 2.43 bits per heavy atom. The summed E-state index contributed by atoms with van der Waals surface area (Å²) in [5.41, 5.74) is -0.933. The Morgan fingerprint density at radius 1 is 1.64 bits per heavy atom. The van der Waals surface area contributed by atoms with Crippen molar-refractivity contribution in [3.63, 3.8) is 0 Å². The van der Waals surface area contributed by atoms with Crippen LogP contribution in [0.4, 0.5) is 0 Å². The molecule has 0 amide bonds. The lowest BCUT2D eigenvalue weighted by Crippen LogP contribution is -2.31. The quantitative estimate of drug-likeness (QED) is 0.738. The second-order valence-corrected chi connectivity index (χ2v) is 3.80. The summed E-state index contributed by atoms with van der Waals surface area (Å²) in [4.78, 5) is 6.24. The predicted octanol–water partition coefficient (Wildman–Crippen LogP) is 0.291. The van der Waals surface area contributed by atoms with Crippen LogP contribution >= 0.6 is 0 Å². The number of aryl methyl sites for hydroxylation is 1. The Balaban J connectivity index is 2.18. The number of nitrogens with zero attached hydrogens (tertiary/aromatic N) is 3. The lowest BCUT2D eigenvalue weighted by Gasteiger charge is -2.18. The molecule has 1 atom stereocenters. The molecular weight excluding hydrogens is 182 g/mol. The fourth-order valence-electron chi connectivity index (χ4n) is 1.80. The molecule has 14 heavy (non-hydrogen) atoms. The van der Waals surface area contributed by atoms with E-state index < -0.39 is 5.60 Å². The van der Waals surface area contributed by atoms with Crippen molar-refractivity contribution in [3.05, 3.63) is 11.7 Å². The number of rotatable bonds is 2. The van der Waals surface area contributed by atoms with E-state index in [1.54, 1.807) is 6.92 Å². The molecule has 1 unspecified atom stereocenters. The lowest BCUT2D eigenvalue weighted by atomic mass is 10.0. The molecule has 0 radical (unpaired) electrons. The summed E-state index contributed by atoms with van der Waals surface area (Å²) >= 11 is 0. The molecule has 78 valence electrons. The first kappa shape index (κ1) is 9.61. The van der Waals surface area contributed by atoms with Gasteiger partial charge < -0.3 is 14.5 Å². The molecule has 2 rings (SSSR count). The van der Waals surface area contributed by atoms with E-state index in [0.29, 0.717) is 24.7 Å². The molecule has 2 heterocycles. The highest BCUT2D eigenvalue weighted by Gasteiger charge is 2.41. The van der Waals surface area contributed by atoms with Crippen molar-refractivity contribution in [2.24, 2.45) is 0 Å². The topological polar surface area (TPSA) is 62.4 Å². The molecule has 1 saturated heterocycles. The zero-order chi connectivity index (χ0) is 10.2. The number of likely N-dealkylation sites (N-methyl/N-ethyl adjacent to an activating group) is 1. The average Bonchev–Trinajstić information content (AvgIpc) is 2.73. The molecule has 1 aliphatic rings. The van der Waals surface area contributed by atoms with E-state index in [1.165, 1.54) is 0 Å². The Bertz CT molecular complexity index is 326. The van der Waals surface area contributed by atoms with Gasteiger partial charge in [-0.25, -0.2) is 0 Å². The predicted molar refractivity (Wildman–Crippen MR) is 49.7 cm³/mol. The molecule has 1 aromatic rings. The zero-order valence-electron chi connectivity index (χ0n) is 8.53. The van der Waals surface area contributed by atoms with Crippen LogP contribution in [0.2, 0.25) is 0 Å². The average molecular weight is 197 g/mol. The van der Waals surface area contributed by atoms with Crippen molar-refractivity contribution >= 4 is 0 Å². The highest BCUT2D eigenvalue weighted by atomic mass is 16.5. The third-order valence-corrected chi connectivity index (χ3v) is 2.70. The summed E-state index contributed by atoms with van der Waals surface area (Å²) in [6.07, 6.45) is 0.669. The van der Waals surface area contributed by atoms with Crippen molar-refractivity contribution < 1.29 is 9.63 Å². The number of hydrogen-bond donors (Lipinski definition) is 1. The lowest BCUT2D eigenvalue weighted by molar-refractivity contribution is 0.0142. The minimum absolute atomic E-state index is 0.353. The van der Waals surface area contributed by atoms with E-state index in [4.69, 9.17) is 4.52 Å². The highest BCUT2D eigenvalue weighted by Crippen LogP contribution is 2.30. The third kappa shape index (κ3) is 1.53. The Labute approximate surface area is 82.7 Å². The van der Waals surface area contributed by atoms with Crippen LogP contribution in [-0.2, 0) is 5.60 Å². The van der Waals surface area contributed by atoms with Gasteiger partial charge >= 0.3 is 0 Å². The number of hydrogen-bond acceptors (Lipinski definition) is 5. The van der Waals surface area contributed by atoms with Crippen LogP contribution in [-0.4, -0.2) is 39.8 Å². The second kappa shape index (κ2) is 3.33. The molecular formula is C9H15N3O2. The van der Waals surface area contributed by atoms with Gasteiger partial charge in [-0.05, 0) is 19.9 Å². The van der Waals surface area contributed by atoms with Gasteiger partial charge in [-0.1, -0.05) is 12.1 Å². The van der Waals surface area contributed by atoms with Crippen LogP contribution in [0.15, 0.2) is 4.52 Å². The van der Waals surface area contributed by atoms with Crippen molar-refractivity contribution in [1.82, 2.24) is 15.0 Å². The van der Waals surface area contributed by atoms with Gasteiger partial charge in [0.15, 0.2) is 11.4 Å². The number of likely N-dealkylation sites (tertiary alicyclic amines) is 1. The number of β-amino-alcohol motifs (C(OH)–C–C–N with tert-alkyl or cyclic N) is 1. The van der Waals surface area contributed by atoms with Crippen LogP contribution in [0, 0.1) is 6.92 Å². The minimum Gasteiger partial charge on any atom is -0.379 e. The second-order valence-electron chi connectivity index (χ2n) is 3.80. The van der Waals surface area contributed by atoms with Crippen LogP contribution in [0.3, 0.4) is 0 Å². The third-order valence-electron chi connectivity index (χ3n) is 2.70. The van der Waals surface area contributed by atoms with E-state index in [2.05, 4.69) is 22.0 Å². The van der Waals surface area contributed by atoms with E-state index >= 15 is 0 Å². The van der Waals surface area contributed by atoms with Gasteiger partial charge in [0.05, 0.1) is 0 Å². The summed E-state index contributed by atoms with van der Waals surface area (Å²) in [7, 11) is 0. The van der Waals surface area contributed by atoms with Crippen molar-refractivity contribution in [2.45, 2.75) is 25.9 Å². The van der Waals surface area contributed by atoms with Gasteiger partial charge in [-0.3, -0.25) is 0 Å². The fourth-order valence-corrected chi connectivity index (χ4v) is 1.80. The SMILES string of the molecule is CCN1CCC(O)(c2nc(C)no2)C1. The molecule has 1 aliphatic heterocycles. The van der Waals surface area contributed by atoms with E-state index in [0.717, 1.165) is 13.1 Å². The summed E-state index contributed by atoms with van der Waals surface area (Å²) in [5, 5.41) is 13.9. The molecule has 5 nitrogen and oxygen atoms in total. The molecule has 0 aliphatic carbocycles. The first-order valence-electron chi connectivity index (χ1n) is 4.89. The zero-order valence-corrected chi connectivity index (χ0v) is 8.53. The molecule has 0 saturated carbocycles. The maximum Gasteiger partial charge on any atom is 0.259 e. The minimum atomic E-state index is -0.933. The van der Waals surface area contributed by atoms with E-state index in [-0.39, 0.29) is 0 Å². The largest absolute Gasteiger partial charge is 0.379 e. The van der Waals surface area contributed by atoms with Gasteiger partial charge in [0.2, 0.25) is 0 Å². The van der Waals surface area contributed by atoms with Crippen LogP contribution in [0.5, 0.6) is 0 Å². The van der Waals surface area contributed by atoms with Gasteiger partial charge in [0, 0.05) is 13.1 Å². The van der Waals surface area contributed by atoms with Crippen molar-refractivity contribution in [1.29, 1.82) is 0 Å². The molecule has 1 N–H and O–H groups in total. The molecule has 0 spiro atoms. The molecule has 1 fully saturated rings. The maximum absolute atomic E-state index is 10.2. The van der Waals surface area contributed by atoms with E-state index in [1.807, 2.05) is 0 Å². The molecule has 0 aromatic carbocycles. The summed E-state index contributed by atoms with van der Waals surface area (Å²) in [5.74, 6) is 0.925. The molecule has 5 heteroatoms. The van der Waals surface area contributed by atoms with Crippen LogP contribution < -0.4 is 0 Å². The van der Waals surface area contributed by atoms with Gasteiger partial charge in [0.1, 0.15) is 0 Å². The Kier molecular flexibility index (Phi) is 2.28.